The molecular formula is C22H12F2O5. The fourth-order valence-corrected chi connectivity index (χ4v) is 2.64. The molecule has 0 saturated carbocycles. The highest BCUT2D eigenvalue weighted by Crippen LogP contribution is 2.25. The van der Waals surface area contributed by atoms with Crippen molar-refractivity contribution in [3.05, 3.63) is 100 Å². The first-order valence-corrected chi connectivity index (χ1v) is 8.47. The van der Waals surface area contributed by atoms with E-state index in [0.717, 1.165) is 12.3 Å². The number of fused-ring (bicyclic) bond motifs is 1. The van der Waals surface area contributed by atoms with Crippen LogP contribution in [-0.2, 0) is 0 Å². The zero-order chi connectivity index (χ0) is 20.4. The van der Waals surface area contributed by atoms with Gasteiger partial charge in [0.05, 0.1) is 10.9 Å². The first kappa shape index (κ1) is 18.4. The highest BCUT2D eigenvalue weighted by atomic mass is 19.1. The predicted molar refractivity (Wildman–Crippen MR) is 100 cm³/mol. The smallest absolute Gasteiger partial charge is 0.346 e. The number of rotatable bonds is 4. The van der Waals surface area contributed by atoms with Crippen LogP contribution >= 0.6 is 0 Å². The normalized spacial score (nSPS) is 10.7. The summed E-state index contributed by atoms with van der Waals surface area (Å²) in [6, 6.07) is 14.7. The number of ether oxygens (including phenoxy) is 2. The maximum absolute atomic E-state index is 13.7. The van der Waals surface area contributed by atoms with Crippen molar-refractivity contribution in [2.24, 2.45) is 0 Å². The van der Waals surface area contributed by atoms with Gasteiger partial charge in [-0.15, -0.1) is 0 Å². The van der Waals surface area contributed by atoms with E-state index in [2.05, 4.69) is 0 Å². The molecule has 0 amide bonds. The van der Waals surface area contributed by atoms with Crippen molar-refractivity contribution < 1.29 is 27.5 Å². The molecule has 0 fully saturated rings. The summed E-state index contributed by atoms with van der Waals surface area (Å²) >= 11 is 0. The Morgan fingerprint density at radius 3 is 2.38 bits per heavy atom. The number of carbonyl (C=O) groups excluding carboxylic acids is 1. The summed E-state index contributed by atoms with van der Waals surface area (Å²) in [5.74, 6) is -1.73. The maximum Gasteiger partial charge on any atom is 0.346 e. The van der Waals surface area contributed by atoms with Crippen LogP contribution in [0.15, 0.2) is 82.2 Å². The van der Waals surface area contributed by atoms with E-state index in [1.165, 1.54) is 60.7 Å². The first-order valence-electron chi connectivity index (χ1n) is 8.47. The second-order valence-corrected chi connectivity index (χ2v) is 6.01. The lowest BCUT2D eigenvalue weighted by Gasteiger charge is -2.07. The van der Waals surface area contributed by atoms with E-state index in [1.54, 1.807) is 0 Å². The number of esters is 1. The molecule has 144 valence electrons. The predicted octanol–water partition coefficient (Wildman–Crippen LogP) is 5.08. The average molecular weight is 394 g/mol. The fourth-order valence-electron chi connectivity index (χ4n) is 2.64. The molecule has 0 unspecified atom stereocenters. The van der Waals surface area contributed by atoms with Gasteiger partial charge in [0.15, 0.2) is 0 Å². The Bertz CT molecular complexity index is 1260. The maximum atomic E-state index is 13.7. The van der Waals surface area contributed by atoms with Crippen LogP contribution in [-0.4, -0.2) is 5.97 Å². The zero-order valence-corrected chi connectivity index (χ0v) is 14.7. The molecule has 0 aliphatic carbocycles. The summed E-state index contributed by atoms with van der Waals surface area (Å²) in [7, 11) is 0. The average Bonchev–Trinajstić information content (AvgIpc) is 2.72. The minimum absolute atomic E-state index is 0.0831. The van der Waals surface area contributed by atoms with Gasteiger partial charge in [-0.3, -0.25) is 4.79 Å². The molecule has 0 spiro atoms. The Labute approximate surface area is 162 Å². The van der Waals surface area contributed by atoms with Crippen LogP contribution in [0.3, 0.4) is 0 Å². The van der Waals surface area contributed by atoms with Crippen molar-refractivity contribution in [2.45, 2.75) is 0 Å². The van der Waals surface area contributed by atoms with Crippen molar-refractivity contribution in [1.29, 1.82) is 0 Å². The molecule has 0 radical (unpaired) electrons. The van der Waals surface area contributed by atoms with Crippen molar-refractivity contribution in [3.63, 3.8) is 0 Å². The molecule has 4 aromatic rings. The lowest BCUT2D eigenvalue weighted by molar-refractivity contribution is 0.0730. The molecule has 1 heterocycles. The van der Waals surface area contributed by atoms with Gasteiger partial charge in [-0.1, -0.05) is 12.1 Å². The standard InChI is InChI=1S/C22H12F2O5/c23-13-5-7-14(8-6-13)28-20-12-27-19-11-15(9-10-17(19)21(20)25)29-22(26)16-3-1-2-4-18(16)24/h1-12H. The van der Waals surface area contributed by atoms with Crippen LogP contribution in [0.4, 0.5) is 8.78 Å². The number of hydrogen-bond donors (Lipinski definition) is 0. The van der Waals surface area contributed by atoms with Crippen LogP contribution in [0.5, 0.6) is 17.2 Å². The first-order chi connectivity index (χ1) is 14.0. The molecule has 29 heavy (non-hydrogen) atoms. The fraction of sp³-hybridized carbons (Fsp3) is 0. The van der Waals surface area contributed by atoms with Gasteiger partial charge in [-0.25, -0.2) is 13.6 Å². The third kappa shape index (κ3) is 3.84. The molecule has 0 bridgehead atoms. The van der Waals surface area contributed by atoms with Crippen molar-refractivity contribution in [2.75, 3.05) is 0 Å². The van der Waals surface area contributed by atoms with Gasteiger partial charge < -0.3 is 13.9 Å². The van der Waals surface area contributed by atoms with Crippen LogP contribution < -0.4 is 14.9 Å². The molecule has 0 aliphatic heterocycles. The summed E-state index contributed by atoms with van der Waals surface area (Å²) in [6.07, 6.45) is 1.11. The van der Waals surface area contributed by atoms with Gasteiger partial charge in [0, 0.05) is 6.07 Å². The highest BCUT2D eigenvalue weighted by molar-refractivity contribution is 5.92. The largest absolute Gasteiger partial charge is 0.460 e. The highest BCUT2D eigenvalue weighted by Gasteiger charge is 2.15. The molecule has 0 N–H and O–H groups in total. The molecule has 7 heteroatoms. The van der Waals surface area contributed by atoms with Gasteiger partial charge in [-0.2, -0.15) is 0 Å². The molecule has 3 aromatic carbocycles. The molecule has 0 atom stereocenters. The number of halogens is 2. The Morgan fingerprint density at radius 2 is 1.62 bits per heavy atom. The molecule has 0 aliphatic rings. The lowest BCUT2D eigenvalue weighted by atomic mass is 10.2. The third-order valence-electron chi connectivity index (χ3n) is 4.06. The SMILES string of the molecule is O=C(Oc1ccc2c(=O)c(Oc3ccc(F)cc3)coc2c1)c1ccccc1F. The van der Waals surface area contributed by atoms with Gasteiger partial charge in [0.25, 0.3) is 0 Å². The summed E-state index contributed by atoms with van der Waals surface area (Å²) < 4.78 is 42.7. The quantitative estimate of drug-likeness (QED) is 0.357. The third-order valence-corrected chi connectivity index (χ3v) is 4.06. The van der Waals surface area contributed by atoms with E-state index in [0.29, 0.717) is 0 Å². The number of carbonyl (C=O) groups is 1. The second kappa shape index (κ2) is 7.55. The van der Waals surface area contributed by atoms with Gasteiger partial charge >= 0.3 is 5.97 Å². The zero-order valence-electron chi connectivity index (χ0n) is 14.7. The molecular weight excluding hydrogens is 382 g/mol. The van der Waals surface area contributed by atoms with Crippen molar-refractivity contribution in [1.82, 2.24) is 0 Å². The number of benzene rings is 3. The Morgan fingerprint density at radius 1 is 0.897 bits per heavy atom. The summed E-state index contributed by atoms with van der Waals surface area (Å²) in [5.41, 5.74) is -0.514. The van der Waals surface area contributed by atoms with Gasteiger partial charge in [0.2, 0.25) is 11.2 Å². The van der Waals surface area contributed by atoms with Crippen LogP contribution in [0.25, 0.3) is 11.0 Å². The second-order valence-electron chi connectivity index (χ2n) is 6.01. The van der Waals surface area contributed by atoms with Gasteiger partial charge in [-0.05, 0) is 48.5 Å². The van der Waals surface area contributed by atoms with Crippen molar-refractivity contribution in [3.8, 4) is 17.2 Å². The number of hydrogen-bond acceptors (Lipinski definition) is 5. The van der Waals surface area contributed by atoms with Gasteiger partial charge in [0.1, 0.15) is 35.0 Å². The van der Waals surface area contributed by atoms with E-state index in [1.807, 2.05) is 0 Å². The minimum atomic E-state index is -0.874. The molecule has 5 nitrogen and oxygen atoms in total. The topological polar surface area (TPSA) is 65.7 Å². The Balaban J connectivity index is 1.60. The summed E-state index contributed by atoms with van der Waals surface area (Å²) in [6.45, 7) is 0. The molecule has 0 saturated heterocycles. The summed E-state index contributed by atoms with van der Waals surface area (Å²) in [5, 5.41) is 0.190. The van der Waals surface area contributed by atoms with Crippen LogP contribution in [0, 0.1) is 11.6 Å². The lowest BCUT2D eigenvalue weighted by Crippen LogP contribution is -2.11. The molecule has 1 aromatic heterocycles. The minimum Gasteiger partial charge on any atom is -0.460 e. The van der Waals surface area contributed by atoms with Crippen molar-refractivity contribution >= 4 is 16.9 Å². The van der Waals surface area contributed by atoms with E-state index in [4.69, 9.17) is 13.9 Å². The van der Waals surface area contributed by atoms with E-state index in [9.17, 15) is 18.4 Å². The Kier molecular flexibility index (Phi) is 4.78. The van der Waals surface area contributed by atoms with Crippen LogP contribution in [0.2, 0.25) is 0 Å². The molecule has 4 rings (SSSR count). The van der Waals surface area contributed by atoms with Crippen LogP contribution in [0.1, 0.15) is 10.4 Å². The Hall–Kier alpha value is -4.00. The van der Waals surface area contributed by atoms with E-state index < -0.39 is 23.0 Å². The van der Waals surface area contributed by atoms with E-state index in [-0.39, 0.29) is 33.8 Å². The monoisotopic (exact) mass is 394 g/mol. The summed E-state index contributed by atoms with van der Waals surface area (Å²) in [4.78, 5) is 24.7. The van der Waals surface area contributed by atoms with E-state index >= 15 is 0 Å².